The fraction of sp³-hybridized carbons (Fsp3) is 0.929. The lowest BCUT2D eigenvalue weighted by molar-refractivity contribution is -0.139. The lowest BCUT2D eigenvalue weighted by atomic mass is 9.98. The highest BCUT2D eigenvalue weighted by Crippen LogP contribution is 2.31. The van der Waals surface area contributed by atoms with Crippen molar-refractivity contribution >= 4 is 5.91 Å². The summed E-state index contributed by atoms with van der Waals surface area (Å²) in [7, 11) is 0. The van der Waals surface area contributed by atoms with E-state index in [0.29, 0.717) is 17.9 Å². The van der Waals surface area contributed by atoms with E-state index < -0.39 is 0 Å². The quantitative estimate of drug-likeness (QED) is 0.814. The van der Waals surface area contributed by atoms with Gasteiger partial charge in [-0.05, 0) is 44.6 Å². The van der Waals surface area contributed by atoms with Crippen LogP contribution >= 0.6 is 0 Å². The average molecular weight is 238 g/mol. The van der Waals surface area contributed by atoms with Crippen molar-refractivity contribution < 1.29 is 4.79 Å². The molecule has 17 heavy (non-hydrogen) atoms. The van der Waals surface area contributed by atoms with Crippen LogP contribution in [0.25, 0.3) is 0 Å². The van der Waals surface area contributed by atoms with Gasteiger partial charge >= 0.3 is 0 Å². The Morgan fingerprint density at radius 3 is 2.76 bits per heavy atom. The maximum atomic E-state index is 12.4. The Labute approximate surface area is 105 Å². The molecule has 98 valence electrons. The Balaban J connectivity index is 1.95. The molecule has 0 aromatic rings. The Kier molecular flexibility index (Phi) is 4.43. The van der Waals surface area contributed by atoms with E-state index in [0.717, 1.165) is 32.4 Å². The first-order valence-electron chi connectivity index (χ1n) is 7.28. The van der Waals surface area contributed by atoms with Gasteiger partial charge in [-0.2, -0.15) is 0 Å². The SMILES string of the molecule is CCCNC1CCCN(C2CCCC2C)C1=O. The third-order valence-corrected chi connectivity index (χ3v) is 4.33. The van der Waals surface area contributed by atoms with Crippen molar-refractivity contribution in [1.82, 2.24) is 10.2 Å². The zero-order valence-corrected chi connectivity index (χ0v) is 11.2. The second-order valence-electron chi connectivity index (χ2n) is 5.66. The van der Waals surface area contributed by atoms with Crippen LogP contribution in [-0.4, -0.2) is 36.0 Å². The molecule has 1 heterocycles. The second-order valence-corrected chi connectivity index (χ2v) is 5.66. The molecule has 2 rings (SSSR count). The van der Waals surface area contributed by atoms with Gasteiger partial charge < -0.3 is 10.2 Å². The molecule has 2 fully saturated rings. The predicted molar refractivity (Wildman–Crippen MR) is 69.8 cm³/mol. The number of amides is 1. The van der Waals surface area contributed by atoms with Crippen molar-refractivity contribution in [3.05, 3.63) is 0 Å². The summed E-state index contributed by atoms with van der Waals surface area (Å²) in [6.07, 6.45) is 7.09. The number of carbonyl (C=O) groups is 1. The summed E-state index contributed by atoms with van der Waals surface area (Å²) in [4.78, 5) is 14.6. The maximum absolute atomic E-state index is 12.4. The van der Waals surface area contributed by atoms with Gasteiger partial charge in [-0.3, -0.25) is 4.79 Å². The smallest absolute Gasteiger partial charge is 0.239 e. The fourth-order valence-corrected chi connectivity index (χ4v) is 3.33. The number of carbonyl (C=O) groups excluding carboxylic acids is 1. The van der Waals surface area contributed by atoms with Crippen LogP contribution in [0.5, 0.6) is 0 Å². The van der Waals surface area contributed by atoms with Crippen LogP contribution < -0.4 is 5.32 Å². The third kappa shape index (κ3) is 2.82. The molecule has 1 aliphatic heterocycles. The predicted octanol–water partition coefficient (Wildman–Crippen LogP) is 2.17. The number of piperidine rings is 1. The van der Waals surface area contributed by atoms with Crippen LogP contribution in [0, 0.1) is 5.92 Å². The van der Waals surface area contributed by atoms with E-state index in [1.165, 1.54) is 19.3 Å². The molecule has 3 nitrogen and oxygen atoms in total. The molecule has 0 aromatic heterocycles. The molecular formula is C14H26N2O. The Morgan fingerprint density at radius 1 is 1.29 bits per heavy atom. The number of likely N-dealkylation sites (tertiary alicyclic amines) is 1. The Morgan fingerprint density at radius 2 is 2.12 bits per heavy atom. The Bertz CT molecular complexity index is 267. The molecule has 3 heteroatoms. The summed E-state index contributed by atoms with van der Waals surface area (Å²) in [5, 5.41) is 3.40. The molecular weight excluding hydrogens is 212 g/mol. The van der Waals surface area contributed by atoms with Crippen molar-refractivity contribution in [2.75, 3.05) is 13.1 Å². The van der Waals surface area contributed by atoms with E-state index in [2.05, 4.69) is 24.1 Å². The van der Waals surface area contributed by atoms with Gasteiger partial charge in [-0.1, -0.05) is 20.3 Å². The largest absolute Gasteiger partial charge is 0.338 e. The highest BCUT2D eigenvalue weighted by molar-refractivity contribution is 5.83. The van der Waals surface area contributed by atoms with Gasteiger partial charge in [0, 0.05) is 12.6 Å². The van der Waals surface area contributed by atoms with E-state index >= 15 is 0 Å². The third-order valence-electron chi connectivity index (χ3n) is 4.33. The Hall–Kier alpha value is -0.570. The van der Waals surface area contributed by atoms with E-state index in [9.17, 15) is 4.79 Å². The fourth-order valence-electron chi connectivity index (χ4n) is 3.33. The van der Waals surface area contributed by atoms with Gasteiger partial charge in [0.25, 0.3) is 0 Å². The van der Waals surface area contributed by atoms with E-state index in [-0.39, 0.29) is 6.04 Å². The second kappa shape index (κ2) is 5.85. The number of nitrogens with one attached hydrogen (secondary N) is 1. The summed E-state index contributed by atoms with van der Waals surface area (Å²) in [5.74, 6) is 1.06. The zero-order chi connectivity index (χ0) is 12.3. The lowest BCUT2D eigenvalue weighted by Gasteiger charge is -2.38. The highest BCUT2D eigenvalue weighted by atomic mass is 16.2. The van der Waals surface area contributed by atoms with Crippen molar-refractivity contribution in [3.8, 4) is 0 Å². The number of hydrogen-bond donors (Lipinski definition) is 1. The number of nitrogens with zero attached hydrogens (tertiary/aromatic N) is 1. The molecule has 0 spiro atoms. The molecule has 2 aliphatic rings. The minimum Gasteiger partial charge on any atom is -0.338 e. The van der Waals surface area contributed by atoms with E-state index in [1.807, 2.05) is 0 Å². The topological polar surface area (TPSA) is 32.3 Å². The van der Waals surface area contributed by atoms with Crippen LogP contribution in [0.15, 0.2) is 0 Å². The molecule has 1 amide bonds. The van der Waals surface area contributed by atoms with Gasteiger partial charge in [0.15, 0.2) is 0 Å². The minimum absolute atomic E-state index is 0.0940. The maximum Gasteiger partial charge on any atom is 0.239 e. The minimum atomic E-state index is 0.0940. The molecule has 1 saturated carbocycles. The summed E-state index contributed by atoms with van der Waals surface area (Å²) in [6, 6.07) is 0.616. The molecule has 0 bridgehead atoms. The van der Waals surface area contributed by atoms with Crippen molar-refractivity contribution in [3.63, 3.8) is 0 Å². The molecule has 3 unspecified atom stereocenters. The monoisotopic (exact) mass is 238 g/mol. The number of hydrogen-bond acceptors (Lipinski definition) is 2. The van der Waals surface area contributed by atoms with Crippen LogP contribution in [-0.2, 0) is 4.79 Å². The first-order chi connectivity index (χ1) is 8.24. The standard InChI is InChI=1S/C14H26N2O/c1-3-9-15-12-7-5-10-16(14(12)17)13-8-4-6-11(13)2/h11-13,15H,3-10H2,1-2H3. The first-order valence-corrected chi connectivity index (χ1v) is 7.28. The van der Waals surface area contributed by atoms with Crippen LogP contribution in [0.3, 0.4) is 0 Å². The van der Waals surface area contributed by atoms with Crippen LogP contribution in [0.4, 0.5) is 0 Å². The average Bonchev–Trinajstić information content (AvgIpc) is 2.74. The van der Waals surface area contributed by atoms with Crippen molar-refractivity contribution in [2.45, 2.75) is 64.5 Å². The summed E-state index contributed by atoms with van der Waals surface area (Å²) >= 11 is 0. The van der Waals surface area contributed by atoms with Gasteiger partial charge in [0.05, 0.1) is 6.04 Å². The van der Waals surface area contributed by atoms with Gasteiger partial charge in [-0.25, -0.2) is 0 Å². The number of rotatable bonds is 4. The highest BCUT2D eigenvalue weighted by Gasteiger charge is 2.36. The molecule has 0 radical (unpaired) electrons. The molecule has 1 saturated heterocycles. The van der Waals surface area contributed by atoms with Crippen LogP contribution in [0.2, 0.25) is 0 Å². The van der Waals surface area contributed by atoms with Crippen molar-refractivity contribution in [1.29, 1.82) is 0 Å². The zero-order valence-electron chi connectivity index (χ0n) is 11.2. The summed E-state index contributed by atoms with van der Waals surface area (Å²) in [6.45, 7) is 6.40. The van der Waals surface area contributed by atoms with Crippen molar-refractivity contribution in [2.24, 2.45) is 5.92 Å². The first kappa shape index (κ1) is 12.9. The lowest BCUT2D eigenvalue weighted by Crippen LogP contribution is -2.54. The van der Waals surface area contributed by atoms with E-state index in [1.54, 1.807) is 0 Å². The van der Waals surface area contributed by atoms with Gasteiger partial charge in [0.2, 0.25) is 5.91 Å². The normalized spacial score (nSPS) is 34.4. The molecule has 3 atom stereocenters. The molecule has 0 aromatic carbocycles. The molecule has 1 aliphatic carbocycles. The summed E-state index contributed by atoms with van der Waals surface area (Å²) in [5.41, 5.74) is 0. The van der Waals surface area contributed by atoms with Crippen LogP contribution in [0.1, 0.15) is 52.4 Å². The van der Waals surface area contributed by atoms with Gasteiger partial charge in [0.1, 0.15) is 0 Å². The van der Waals surface area contributed by atoms with Gasteiger partial charge in [-0.15, -0.1) is 0 Å². The molecule has 1 N–H and O–H groups in total. The van der Waals surface area contributed by atoms with E-state index in [4.69, 9.17) is 0 Å². The summed E-state index contributed by atoms with van der Waals surface area (Å²) < 4.78 is 0.